The smallest absolute Gasteiger partial charge is 0.258 e. The molecule has 0 aliphatic carbocycles. The lowest BCUT2D eigenvalue weighted by atomic mass is 9.93. The first-order valence-corrected chi connectivity index (χ1v) is 12.3. The molecule has 35 heavy (non-hydrogen) atoms. The lowest BCUT2D eigenvalue weighted by molar-refractivity contribution is 0.396. The fourth-order valence-corrected chi connectivity index (χ4v) is 4.79. The lowest BCUT2D eigenvalue weighted by Crippen LogP contribution is -2.45. The number of nitrogens with one attached hydrogen (secondary N) is 1. The summed E-state index contributed by atoms with van der Waals surface area (Å²) in [5.41, 5.74) is 7.66. The van der Waals surface area contributed by atoms with Gasteiger partial charge in [-0.25, -0.2) is 0 Å². The van der Waals surface area contributed by atoms with E-state index >= 15 is 0 Å². The Bertz CT molecular complexity index is 1380. The molecule has 176 valence electrons. The summed E-state index contributed by atoms with van der Waals surface area (Å²) in [6, 6.07) is 26.8. The first-order chi connectivity index (χ1) is 17.0. The number of nitrogens with zero attached hydrogens (tertiary/aromatic N) is 3. The minimum atomic E-state index is -0.189. The molecule has 1 aromatic heterocycles. The number of hydrogen-bond donors (Lipinski definition) is 1. The molecule has 2 heterocycles. The second-order valence-corrected chi connectivity index (χ2v) is 9.23. The van der Waals surface area contributed by atoms with Crippen molar-refractivity contribution in [3.63, 3.8) is 0 Å². The zero-order chi connectivity index (χ0) is 24.4. The van der Waals surface area contributed by atoms with E-state index in [2.05, 4.69) is 84.7 Å². The Morgan fingerprint density at radius 3 is 2.43 bits per heavy atom. The Hall–Kier alpha value is -3.77. The van der Waals surface area contributed by atoms with Gasteiger partial charge in [-0.2, -0.15) is 4.98 Å². The van der Waals surface area contributed by atoms with Crippen molar-refractivity contribution in [3.8, 4) is 11.4 Å². The molecule has 1 N–H and O–H groups in total. The summed E-state index contributed by atoms with van der Waals surface area (Å²) in [7, 11) is 0. The van der Waals surface area contributed by atoms with E-state index in [0.717, 1.165) is 28.8 Å². The van der Waals surface area contributed by atoms with Gasteiger partial charge in [0.1, 0.15) is 0 Å². The van der Waals surface area contributed by atoms with E-state index in [1.807, 2.05) is 30.3 Å². The second-order valence-electron chi connectivity index (χ2n) is 8.84. The summed E-state index contributed by atoms with van der Waals surface area (Å²) in [6.07, 6.45) is 0.993. The van der Waals surface area contributed by atoms with E-state index in [4.69, 9.17) is 21.7 Å². The van der Waals surface area contributed by atoms with Crippen molar-refractivity contribution in [2.45, 2.75) is 39.8 Å². The van der Waals surface area contributed by atoms with Crippen molar-refractivity contribution < 1.29 is 4.52 Å². The van der Waals surface area contributed by atoms with Gasteiger partial charge >= 0.3 is 0 Å². The summed E-state index contributed by atoms with van der Waals surface area (Å²) >= 11 is 5.86. The quantitative estimate of drug-likeness (QED) is 0.319. The van der Waals surface area contributed by atoms with E-state index in [1.54, 1.807) is 0 Å². The maximum absolute atomic E-state index is 5.86. The number of hydrogen-bond acceptors (Lipinski definition) is 4. The topological polar surface area (TPSA) is 54.2 Å². The van der Waals surface area contributed by atoms with Crippen LogP contribution in [0.15, 0.2) is 89.1 Å². The number of allylic oxidation sites excluding steroid dienone is 1. The fraction of sp³-hybridized carbons (Fsp3) is 0.207. The van der Waals surface area contributed by atoms with Crippen LogP contribution in [-0.2, 0) is 13.0 Å². The van der Waals surface area contributed by atoms with Gasteiger partial charge in [0.25, 0.3) is 5.89 Å². The minimum absolute atomic E-state index is 0.189. The SMILES string of the molecule is CCc1ccc(C2NC(=S)N(Cc3cccc(C)c3)C(C)=C2c2nc(-c3ccccc3)no2)cc1. The van der Waals surface area contributed by atoms with Gasteiger partial charge in [-0.05, 0) is 49.2 Å². The summed E-state index contributed by atoms with van der Waals surface area (Å²) < 4.78 is 5.85. The van der Waals surface area contributed by atoms with Crippen molar-refractivity contribution in [2.24, 2.45) is 0 Å². The molecule has 5 nitrogen and oxygen atoms in total. The molecule has 5 rings (SSSR count). The molecule has 0 amide bonds. The molecule has 1 atom stereocenters. The zero-order valence-electron chi connectivity index (χ0n) is 20.2. The molecule has 0 spiro atoms. The van der Waals surface area contributed by atoms with Gasteiger partial charge in [0.2, 0.25) is 5.82 Å². The van der Waals surface area contributed by atoms with E-state index in [1.165, 1.54) is 16.7 Å². The van der Waals surface area contributed by atoms with Crippen molar-refractivity contribution in [1.29, 1.82) is 0 Å². The highest BCUT2D eigenvalue weighted by atomic mass is 32.1. The van der Waals surface area contributed by atoms with Gasteiger partial charge in [-0.1, -0.05) is 96.5 Å². The summed E-state index contributed by atoms with van der Waals surface area (Å²) in [5, 5.41) is 8.53. The van der Waals surface area contributed by atoms with Crippen LogP contribution in [0.2, 0.25) is 0 Å². The van der Waals surface area contributed by atoms with Crippen molar-refractivity contribution >= 4 is 22.9 Å². The molecule has 3 aromatic carbocycles. The molecular formula is C29H28N4OS. The maximum Gasteiger partial charge on any atom is 0.258 e. The average Bonchev–Trinajstić information content (AvgIpc) is 3.37. The highest BCUT2D eigenvalue weighted by Gasteiger charge is 2.34. The predicted octanol–water partition coefficient (Wildman–Crippen LogP) is 6.47. The average molecular weight is 481 g/mol. The number of aromatic nitrogens is 2. The Morgan fingerprint density at radius 2 is 1.71 bits per heavy atom. The second kappa shape index (κ2) is 9.84. The van der Waals surface area contributed by atoms with Crippen molar-refractivity contribution in [3.05, 3.63) is 113 Å². The van der Waals surface area contributed by atoms with Crippen LogP contribution < -0.4 is 5.32 Å². The van der Waals surface area contributed by atoms with Gasteiger partial charge in [-0.3, -0.25) is 0 Å². The molecule has 6 heteroatoms. The Labute approximate surface area is 211 Å². The normalized spacial score (nSPS) is 15.9. The molecule has 1 aliphatic heterocycles. The molecule has 0 bridgehead atoms. The van der Waals surface area contributed by atoms with E-state index in [-0.39, 0.29) is 6.04 Å². The molecule has 0 saturated carbocycles. The van der Waals surface area contributed by atoms with Crippen molar-refractivity contribution in [2.75, 3.05) is 0 Å². The molecule has 0 saturated heterocycles. The van der Waals surface area contributed by atoms with Crippen LogP contribution in [0.4, 0.5) is 0 Å². The van der Waals surface area contributed by atoms with Crippen LogP contribution >= 0.6 is 12.2 Å². The van der Waals surface area contributed by atoms with Crippen LogP contribution in [0.25, 0.3) is 17.0 Å². The third-order valence-electron chi connectivity index (χ3n) is 6.43. The molecular weight excluding hydrogens is 452 g/mol. The Morgan fingerprint density at radius 1 is 0.943 bits per heavy atom. The standard InChI is InChI=1S/C29H28N4OS/c1-4-21-13-15-23(16-14-21)26-25(28-31-27(32-34-28)24-11-6-5-7-12-24)20(3)33(29(35)30-26)18-22-10-8-9-19(2)17-22/h5-17,26H,4,18H2,1-3H3,(H,30,35). The lowest BCUT2D eigenvalue weighted by Gasteiger charge is -2.37. The van der Waals surface area contributed by atoms with Gasteiger partial charge in [0.05, 0.1) is 11.6 Å². The summed E-state index contributed by atoms with van der Waals surface area (Å²) in [6.45, 7) is 7.00. The zero-order valence-corrected chi connectivity index (χ0v) is 21.0. The van der Waals surface area contributed by atoms with E-state index in [0.29, 0.717) is 23.4 Å². The first kappa shape index (κ1) is 23.0. The fourth-order valence-electron chi connectivity index (χ4n) is 4.48. The van der Waals surface area contributed by atoms with E-state index in [9.17, 15) is 0 Å². The Kier molecular flexibility index (Phi) is 6.47. The van der Waals surface area contributed by atoms with Crippen LogP contribution in [0.5, 0.6) is 0 Å². The van der Waals surface area contributed by atoms with Gasteiger partial charge in [0, 0.05) is 17.8 Å². The third-order valence-corrected chi connectivity index (χ3v) is 6.77. The van der Waals surface area contributed by atoms with Gasteiger partial charge in [0.15, 0.2) is 5.11 Å². The van der Waals surface area contributed by atoms with E-state index < -0.39 is 0 Å². The molecule has 0 fully saturated rings. The molecule has 4 aromatic rings. The highest BCUT2D eigenvalue weighted by Crippen LogP contribution is 2.38. The number of thiocarbonyl (C=S) groups is 1. The third kappa shape index (κ3) is 4.75. The number of aryl methyl sites for hydroxylation is 2. The predicted molar refractivity (Wildman–Crippen MR) is 143 cm³/mol. The van der Waals surface area contributed by atoms with Crippen LogP contribution in [-0.4, -0.2) is 20.2 Å². The molecule has 0 radical (unpaired) electrons. The highest BCUT2D eigenvalue weighted by molar-refractivity contribution is 7.80. The number of rotatable bonds is 6. The van der Waals surface area contributed by atoms with Crippen molar-refractivity contribution in [1.82, 2.24) is 20.4 Å². The maximum atomic E-state index is 5.86. The number of benzene rings is 3. The largest absolute Gasteiger partial charge is 0.351 e. The monoisotopic (exact) mass is 480 g/mol. The van der Waals surface area contributed by atoms with Gasteiger partial charge in [-0.15, -0.1) is 0 Å². The molecule has 1 unspecified atom stereocenters. The van der Waals surface area contributed by atoms with Crippen LogP contribution in [0, 0.1) is 6.92 Å². The summed E-state index contributed by atoms with van der Waals surface area (Å²) in [4.78, 5) is 6.91. The summed E-state index contributed by atoms with van der Waals surface area (Å²) in [5.74, 6) is 1.06. The first-order valence-electron chi connectivity index (χ1n) is 11.9. The van der Waals surface area contributed by atoms with Crippen LogP contribution in [0.1, 0.15) is 48.0 Å². The molecule has 1 aliphatic rings. The minimum Gasteiger partial charge on any atom is -0.351 e. The van der Waals surface area contributed by atoms with Crippen LogP contribution in [0.3, 0.4) is 0 Å². The van der Waals surface area contributed by atoms with Gasteiger partial charge < -0.3 is 14.7 Å². The Balaban J connectivity index is 1.59.